The largest absolute Gasteiger partial charge is 0.481 e. The number of rotatable bonds is 3. The molecule has 1 aliphatic rings. The van der Waals surface area contributed by atoms with E-state index in [4.69, 9.17) is 4.42 Å². The fraction of sp³-hybridized carbons (Fsp3) is 0.400. The number of aryl methyl sites for hydroxylation is 1. The van der Waals surface area contributed by atoms with Gasteiger partial charge in [0.15, 0.2) is 0 Å². The molecule has 1 aliphatic carbocycles. The van der Waals surface area contributed by atoms with Crippen LogP contribution < -0.4 is 0 Å². The molecule has 0 aromatic carbocycles. The summed E-state index contributed by atoms with van der Waals surface area (Å²) in [5.74, 6) is -4.03. The SMILES string of the molecule is CC(F)(F)c1cc(-c2nc3c(o2)CCC[C@H]3C(=O)O)ccn1. The lowest BCUT2D eigenvalue weighted by Gasteiger charge is -2.15. The van der Waals surface area contributed by atoms with Gasteiger partial charge in [0, 0.05) is 25.1 Å². The molecule has 0 saturated carbocycles. The van der Waals surface area contributed by atoms with E-state index in [1.165, 1.54) is 18.3 Å². The van der Waals surface area contributed by atoms with E-state index in [0.29, 0.717) is 36.3 Å². The number of fused-ring (bicyclic) bond motifs is 1. The first-order valence-electron chi connectivity index (χ1n) is 6.93. The van der Waals surface area contributed by atoms with Gasteiger partial charge in [0.2, 0.25) is 5.89 Å². The third kappa shape index (κ3) is 2.58. The minimum absolute atomic E-state index is 0.158. The first kappa shape index (κ1) is 14.6. The zero-order valence-electron chi connectivity index (χ0n) is 11.8. The van der Waals surface area contributed by atoms with Crippen molar-refractivity contribution >= 4 is 5.97 Å². The van der Waals surface area contributed by atoms with Gasteiger partial charge < -0.3 is 9.52 Å². The molecule has 0 radical (unpaired) electrons. The maximum atomic E-state index is 13.4. The molecular weight excluding hydrogens is 294 g/mol. The molecule has 7 heteroatoms. The van der Waals surface area contributed by atoms with Crippen molar-refractivity contribution in [2.24, 2.45) is 0 Å². The third-order valence-corrected chi connectivity index (χ3v) is 3.71. The normalized spacial score (nSPS) is 18.0. The van der Waals surface area contributed by atoms with E-state index >= 15 is 0 Å². The van der Waals surface area contributed by atoms with Gasteiger partial charge in [-0.25, -0.2) is 4.98 Å². The number of aromatic nitrogens is 2. The standard InChI is InChI=1S/C15H14F2N2O3/c1-15(16,17)11-7-8(5-6-18-11)13-19-12-9(14(20)21)3-2-4-10(12)22-13/h5-7,9H,2-4H2,1H3,(H,20,21)/t9-/m1/s1. The zero-order chi connectivity index (χ0) is 15.9. The van der Waals surface area contributed by atoms with Gasteiger partial charge in [0.25, 0.3) is 5.92 Å². The summed E-state index contributed by atoms with van der Waals surface area (Å²) in [7, 11) is 0. The van der Waals surface area contributed by atoms with E-state index in [2.05, 4.69) is 9.97 Å². The molecule has 0 amide bonds. The molecular formula is C15H14F2N2O3. The van der Waals surface area contributed by atoms with Crippen molar-refractivity contribution in [3.05, 3.63) is 35.5 Å². The van der Waals surface area contributed by atoms with E-state index in [1.807, 2.05) is 0 Å². The highest BCUT2D eigenvalue weighted by molar-refractivity contribution is 5.76. The number of nitrogens with zero attached hydrogens (tertiary/aromatic N) is 2. The Hall–Kier alpha value is -2.31. The van der Waals surface area contributed by atoms with Gasteiger partial charge in [-0.05, 0) is 25.0 Å². The minimum Gasteiger partial charge on any atom is -0.481 e. The van der Waals surface area contributed by atoms with Gasteiger partial charge in [-0.15, -0.1) is 0 Å². The van der Waals surface area contributed by atoms with Crippen molar-refractivity contribution in [3.8, 4) is 11.5 Å². The summed E-state index contributed by atoms with van der Waals surface area (Å²) < 4.78 is 32.3. The molecule has 1 N–H and O–H groups in total. The Morgan fingerprint density at radius 3 is 2.95 bits per heavy atom. The Labute approximate surface area is 125 Å². The lowest BCUT2D eigenvalue weighted by Crippen LogP contribution is -2.17. The molecule has 116 valence electrons. The van der Waals surface area contributed by atoms with Crippen LogP contribution in [0.1, 0.15) is 42.8 Å². The molecule has 1 atom stereocenters. The van der Waals surface area contributed by atoms with Gasteiger partial charge in [0.05, 0.1) is 5.69 Å². The average Bonchev–Trinajstić information content (AvgIpc) is 2.90. The molecule has 3 rings (SSSR count). The number of carboxylic acids is 1. The van der Waals surface area contributed by atoms with Crippen LogP contribution in [0, 0.1) is 0 Å². The van der Waals surface area contributed by atoms with Crippen molar-refractivity contribution in [1.82, 2.24) is 9.97 Å². The molecule has 22 heavy (non-hydrogen) atoms. The van der Waals surface area contributed by atoms with Crippen molar-refractivity contribution in [2.75, 3.05) is 0 Å². The smallest absolute Gasteiger partial charge is 0.312 e. The predicted octanol–water partition coefficient (Wildman–Crippen LogP) is 3.35. The predicted molar refractivity (Wildman–Crippen MR) is 72.6 cm³/mol. The quantitative estimate of drug-likeness (QED) is 0.941. The Kier molecular flexibility index (Phi) is 3.42. The number of carbonyl (C=O) groups is 1. The molecule has 0 bridgehead atoms. The lowest BCUT2D eigenvalue weighted by molar-refractivity contribution is -0.139. The molecule has 2 aromatic rings. The van der Waals surface area contributed by atoms with Gasteiger partial charge in [-0.3, -0.25) is 9.78 Å². The highest BCUT2D eigenvalue weighted by atomic mass is 19.3. The molecule has 2 heterocycles. The molecule has 0 fully saturated rings. The zero-order valence-corrected chi connectivity index (χ0v) is 11.8. The van der Waals surface area contributed by atoms with E-state index in [9.17, 15) is 18.7 Å². The van der Waals surface area contributed by atoms with E-state index < -0.39 is 17.8 Å². The number of aliphatic carboxylic acids is 1. The van der Waals surface area contributed by atoms with Gasteiger partial charge in [-0.1, -0.05) is 0 Å². The molecule has 0 unspecified atom stereocenters. The summed E-state index contributed by atoms with van der Waals surface area (Å²) in [6.45, 7) is 0.764. The van der Waals surface area contributed by atoms with Gasteiger partial charge in [-0.2, -0.15) is 8.78 Å². The van der Waals surface area contributed by atoms with Crippen molar-refractivity contribution in [3.63, 3.8) is 0 Å². The monoisotopic (exact) mass is 308 g/mol. The van der Waals surface area contributed by atoms with E-state index in [-0.39, 0.29) is 11.6 Å². The fourth-order valence-electron chi connectivity index (χ4n) is 2.59. The van der Waals surface area contributed by atoms with Crippen LogP contribution >= 0.6 is 0 Å². The number of pyridine rings is 1. The summed E-state index contributed by atoms with van der Waals surface area (Å²) in [5.41, 5.74) is 0.386. The number of oxazole rings is 1. The van der Waals surface area contributed by atoms with Crippen LogP contribution in [-0.4, -0.2) is 21.0 Å². The summed E-state index contributed by atoms with van der Waals surface area (Å²) in [5, 5.41) is 9.22. The minimum atomic E-state index is -3.06. The molecule has 0 aliphatic heterocycles. The molecule has 5 nitrogen and oxygen atoms in total. The Morgan fingerprint density at radius 1 is 1.50 bits per heavy atom. The number of hydrogen-bond acceptors (Lipinski definition) is 4. The Morgan fingerprint density at radius 2 is 2.27 bits per heavy atom. The van der Waals surface area contributed by atoms with Gasteiger partial charge in [0.1, 0.15) is 17.4 Å². The summed E-state index contributed by atoms with van der Waals surface area (Å²) >= 11 is 0. The maximum Gasteiger partial charge on any atom is 0.312 e. The second kappa shape index (κ2) is 5.15. The van der Waals surface area contributed by atoms with Crippen molar-refractivity contribution < 1.29 is 23.1 Å². The van der Waals surface area contributed by atoms with Crippen LogP contribution in [0.4, 0.5) is 8.78 Å². The van der Waals surface area contributed by atoms with Gasteiger partial charge >= 0.3 is 5.97 Å². The van der Waals surface area contributed by atoms with Crippen LogP contribution in [0.5, 0.6) is 0 Å². The van der Waals surface area contributed by atoms with E-state index in [0.717, 1.165) is 6.92 Å². The van der Waals surface area contributed by atoms with E-state index in [1.54, 1.807) is 0 Å². The average molecular weight is 308 g/mol. The number of halogens is 2. The summed E-state index contributed by atoms with van der Waals surface area (Å²) in [6, 6.07) is 2.73. The summed E-state index contributed by atoms with van der Waals surface area (Å²) in [6.07, 6.45) is 3.07. The highest BCUT2D eigenvalue weighted by Gasteiger charge is 2.32. The van der Waals surface area contributed by atoms with Crippen LogP contribution in [-0.2, 0) is 17.1 Å². The number of hydrogen-bond donors (Lipinski definition) is 1. The van der Waals surface area contributed by atoms with Crippen LogP contribution in [0.25, 0.3) is 11.5 Å². The fourth-order valence-corrected chi connectivity index (χ4v) is 2.59. The van der Waals surface area contributed by atoms with Crippen molar-refractivity contribution in [2.45, 2.75) is 38.0 Å². The molecule has 2 aromatic heterocycles. The first-order chi connectivity index (χ1) is 10.4. The molecule has 0 spiro atoms. The Balaban J connectivity index is 2.02. The topological polar surface area (TPSA) is 76.2 Å². The van der Waals surface area contributed by atoms with Crippen LogP contribution in [0.15, 0.2) is 22.7 Å². The van der Waals surface area contributed by atoms with Crippen LogP contribution in [0.3, 0.4) is 0 Å². The Bertz CT molecular complexity index is 722. The number of alkyl halides is 2. The first-order valence-corrected chi connectivity index (χ1v) is 6.93. The second-order valence-electron chi connectivity index (χ2n) is 5.43. The van der Waals surface area contributed by atoms with Crippen molar-refractivity contribution in [1.29, 1.82) is 0 Å². The lowest BCUT2D eigenvalue weighted by atomic mass is 9.91. The number of carboxylic acid groups (broad SMARTS) is 1. The maximum absolute atomic E-state index is 13.4. The van der Waals surface area contributed by atoms with Crippen LogP contribution in [0.2, 0.25) is 0 Å². The molecule has 0 saturated heterocycles. The highest BCUT2D eigenvalue weighted by Crippen LogP contribution is 2.35. The second-order valence-corrected chi connectivity index (χ2v) is 5.43. The summed E-state index contributed by atoms with van der Waals surface area (Å²) in [4.78, 5) is 19.1. The third-order valence-electron chi connectivity index (χ3n) is 3.71.